The molecule has 1 rings (SSSR count). The van der Waals surface area contributed by atoms with Crippen molar-refractivity contribution in [3.63, 3.8) is 0 Å². The predicted octanol–water partition coefficient (Wildman–Crippen LogP) is 3.00. The summed E-state index contributed by atoms with van der Waals surface area (Å²) in [6.07, 6.45) is 0.236. The molecule has 2 atom stereocenters. The largest absolute Gasteiger partial charge is 0.481 e. The highest BCUT2D eigenvalue weighted by molar-refractivity contribution is 5.81. The Morgan fingerprint density at radius 3 is 2.33 bits per heavy atom. The zero-order valence-electron chi connectivity index (χ0n) is 11.6. The summed E-state index contributed by atoms with van der Waals surface area (Å²) >= 11 is 0. The molecular formula is C15H23NO2. The monoisotopic (exact) mass is 249 g/mol. The highest BCUT2D eigenvalue weighted by atomic mass is 16.5. The van der Waals surface area contributed by atoms with Crippen molar-refractivity contribution in [1.29, 1.82) is 0 Å². The van der Waals surface area contributed by atoms with E-state index in [2.05, 4.69) is 19.2 Å². The molecule has 3 nitrogen and oxygen atoms in total. The first-order valence-corrected chi connectivity index (χ1v) is 6.56. The van der Waals surface area contributed by atoms with Crippen LogP contribution in [-0.4, -0.2) is 18.1 Å². The van der Waals surface area contributed by atoms with Crippen molar-refractivity contribution in [2.24, 2.45) is 5.92 Å². The van der Waals surface area contributed by atoms with Crippen LogP contribution in [0.15, 0.2) is 30.3 Å². The van der Waals surface area contributed by atoms with Crippen LogP contribution >= 0.6 is 0 Å². The van der Waals surface area contributed by atoms with Crippen molar-refractivity contribution >= 4 is 5.91 Å². The second-order valence-electron chi connectivity index (χ2n) is 4.87. The van der Waals surface area contributed by atoms with Crippen LogP contribution in [-0.2, 0) is 4.79 Å². The highest BCUT2D eigenvalue weighted by Crippen LogP contribution is 2.13. The molecule has 0 saturated carbocycles. The van der Waals surface area contributed by atoms with Crippen LogP contribution in [0.25, 0.3) is 0 Å². The van der Waals surface area contributed by atoms with E-state index in [1.807, 2.05) is 44.2 Å². The summed E-state index contributed by atoms with van der Waals surface area (Å²) in [5, 5.41) is 2.99. The van der Waals surface area contributed by atoms with E-state index in [1.165, 1.54) is 0 Å². The minimum Gasteiger partial charge on any atom is -0.481 e. The van der Waals surface area contributed by atoms with Crippen molar-refractivity contribution in [2.45, 2.75) is 46.3 Å². The van der Waals surface area contributed by atoms with E-state index < -0.39 is 6.10 Å². The molecule has 0 aliphatic rings. The average molecular weight is 249 g/mol. The first-order chi connectivity index (χ1) is 8.54. The Morgan fingerprint density at radius 2 is 1.83 bits per heavy atom. The lowest BCUT2D eigenvalue weighted by atomic mass is 10.1. The van der Waals surface area contributed by atoms with Gasteiger partial charge in [0.15, 0.2) is 6.10 Å². The molecule has 0 aliphatic carbocycles. The van der Waals surface area contributed by atoms with Crippen LogP contribution in [0.2, 0.25) is 0 Å². The number of hydrogen-bond donors (Lipinski definition) is 1. The van der Waals surface area contributed by atoms with Crippen molar-refractivity contribution in [3.8, 4) is 5.75 Å². The maximum atomic E-state index is 12.1. The van der Waals surface area contributed by atoms with E-state index >= 15 is 0 Å². The molecule has 0 fully saturated rings. The van der Waals surface area contributed by atoms with Gasteiger partial charge >= 0.3 is 0 Å². The third-order valence-electron chi connectivity index (χ3n) is 3.05. The van der Waals surface area contributed by atoms with Crippen LogP contribution in [0.4, 0.5) is 0 Å². The van der Waals surface area contributed by atoms with Crippen molar-refractivity contribution in [2.75, 3.05) is 0 Å². The molecule has 1 aromatic carbocycles. The molecular weight excluding hydrogens is 226 g/mol. The molecule has 0 unspecified atom stereocenters. The Kier molecular flexibility index (Phi) is 5.69. The number of benzene rings is 1. The van der Waals surface area contributed by atoms with Crippen LogP contribution in [0.1, 0.15) is 34.1 Å². The highest BCUT2D eigenvalue weighted by Gasteiger charge is 2.20. The topological polar surface area (TPSA) is 38.3 Å². The summed E-state index contributed by atoms with van der Waals surface area (Å²) in [5.41, 5.74) is 0. The van der Waals surface area contributed by atoms with E-state index in [0.717, 1.165) is 5.75 Å². The molecule has 0 bridgehead atoms. The maximum Gasteiger partial charge on any atom is 0.261 e. The summed E-state index contributed by atoms with van der Waals surface area (Å²) in [6, 6.07) is 9.61. The van der Waals surface area contributed by atoms with E-state index in [1.54, 1.807) is 0 Å². The SMILES string of the molecule is CC[C@@H](Oc1ccccc1)C(=O)N[C@@H](C)C(C)C. The lowest BCUT2D eigenvalue weighted by Gasteiger charge is -2.22. The van der Waals surface area contributed by atoms with E-state index in [4.69, 9.17) is 4.74 Å². The summed E-state index contributed by atoms with van der Waals surface area (Å²) in [6.45, 7) is 8.14. The Morgan fingerprint density at radius 1 is 1.22 bits per heavy atom. The smallest absolute Gasteiger partial charge is 0.261 e. The van der Waals surface area contributed by atoms with Crippen LogP contribution in [0, 0.1) is 5.92 Å². The molecule has 1 N–H and O–H groups in total. The fraction of sp³-hybridized carbons (Fsp3) is 0.533. The van der Waals surface area contributed by atoms with Crippen molar-refractivity contribution in [1.82, 2.24) is 5.32 Å². The normalized spacial score (nSPS) is 14.1. The Balaban J connectivity index is 2.58. The van der Waals surface area contributed by atoms with E-state index in [0.29, 0.717) is 12.3 Å². The summed E-state index contributed by atoms with van der Waals surface area (Å²) in [4.78, 5) is 12.1. The fourth-order valence-electron chi connectivity index (χ4n) is 1.47. The van der Waals surface area contributed by atoms with Gasteiger partial charge in [0.2, 0.25) is 0 Å². The number of carbonyl (C=O) groups excluding carboxylic acids is 1. The first-order valence-electron chi connectivity index (χ1n) is 6.56. The van der Waals surface area contributed by atoms with Gasteiger partial charge in [0, 0.05) is 6.04 Å². The van der Waals surface area contributed by atoms with E-state index in [-0.39, 0.29) is 11.9 Å². The number of nitrogens with one attached hydrogen (secondary N) is 1. The number of hydrogen-bond acceptors (Lipinski definition) is 2. The lowest BCUT2D eigenvalue weighted by Crippen LogP contribution is -2.44. The van der Waals surface area contributed by atoms with E-state index in [9.17, 15) is 4.79 Å². The second kappa shape index (κ2) is 7.04. The Bertz CT molecular complexity index is 362. The molecule has 0 radical (unpaired) electrons. The molecule has 18 heavy (non-hydrogen) atoms. The Labute approximate surface area is 110 Å². The number of amides is 1. The maximum absolute atomic E-state index is 12.1. The molecule has 1 amide bonds. The summed E-state index contributed by atoms with van der Waals surface area (Å²) in [5.74, 6) is 1.11. The number of rotatable bonds is 6. The van der Waals surface area contributed by atoms with Gasteiger partial charge in [0.25, 0.3) is 5.91 Å². The van der Waals surface area contributed by atoms with Crippen molar-refractivity contribution in [3.05, 3.63) is 30.3 Å². The van der Waals surface area contributed by atoms with Gasteiger partial charge in [-0.05, 0) is 31.4 Å². The van der Waals surface area contributed by atoms with Crippen LogP contribution in [0.5, 0.6) is 5.75 Å². The molecule has 0 aliphatic heterocycles. The summed E-state index contributed by atoms with van der Waals surface area (Å²) < 4.78 is 5.69. The van der Waals surface area contributed by atoms with Gasteiger partial charge in [0.05, 0.1) is 0 Å². The number of carbonyl (C=O) groups is 1. The van der Waals surface area contributed by atoms with Crippen LogP contribution < -0.4 is 10.1 Å². The molecule has 0 heterocycles. The minimum atomic E-state index is -0.423. The predicted molar refractivity (Wildman–Crippen MR) is 73.6 cm³/mol. The van der Waals surface area contributed by atoms with Gasteiger partial charge in [-0.15, -0.1) is 0 Å². The number of ether oxygens (including phenoxy) is 1. The zero-order chi connectivity index (χ0) is 13.5. The van der Waals surface area contributed by atoms with Gasteiger partial charge in [-0.3, -0.25) is 4.79 Å². The van der Waals surface area contributed by atoms with Gasteiger partial charge < -0.3 is 10.1 Å². The lowest BCUT2D eigenvalue weighted by molar-refractivity contribution is -0.129. The number of para-hydroxylation sites is 1. The molecule has 1 aromatic rings. The Hall–Kier alpha value is -1.51. The molecule has 3 heteroatoms. The van der Waals surface area contributed by atoms with Gasteiger partial charge in [-0.25, -0.2) is 0 Å². The fourth-order valence-corrected chi connectivity index (χ4v) is 1.47. The van der Waals surface area contributed by atoms with Gasteiger partial charge in [-0.2, -0.15) is 0 Å². The second-order valence-corrected chi connectivity index (χ2v) is 4.87. The minimum absolute atomic E-state index is 0.0393. The third kappa shape index (κ3) is 4.40. The average Bonchev–Trinajstić information content (AvgIpc) is 2.36. The van der Waals surface area contributed by atoms with Crippen molar-refractivity contribution < 1.29 is 9.53 Å². The molecule has 0 aromatic heterocycles. The first kappa shape index (κ1) is 14.6. The van der Waals surface area contributed by atoms with Gasteiger partial charge in [-0.1, -0.05) is 39.0 Å². The quantitative estimate of drug-likeness (QED) is 0.841. The third-order valence-corrected chi connectivity index (χ3v) is 3.05. The summed E-state index contributed by atoms with van der Waals surface area (Å²) in [7, 11) is 0. The molecule has 0 saturated heterocycles. The van der Waals surface area contributed by atoms with Gasteiger partial charge in [0.1, 0.15) is 5.75 Å². The standard InChI is InChI=1S/C15H23NO2/c1-5-14(15(17)16-12(4)11(2)3)18-13-9-7-6-8-10-13/h6-12,14H,5H2,1-4H3,(H,16,17)/t12-,14+/m0/s1. The van der Waals surface area contributed by atoms with Crippen LogP contribution in [0.3, 0.4) is 0 Å². The zero-order valence-corrected chi connectivity index (χ0v) is 11.6. The molecule has 100 valence electrons. The molecule has 0 spiro atoms.